The Hall–Kier alpha value is -2.36. The highest BCUT2D eigenvalue weighted by molar-refractivity contribution is 7.21. The monoisotopic (exact) mass is 446 g/mol. The molecule has 0 radical (unpaired) electrons. The molecule has 164 valence electrons. The largest absolute Gasteiger partial charge is 0.444 e. The van der Waals surface area contributed by atoms with Crippen LogP contribution in [0.2, 0.25) is 0 Å². The van der Waals surface area contributed by atoms with Crippen molar-refractivity contribution in [2.45, 2.75) is 51.2 Å². The number of carbonyl (C=O) groups excluding carboxylic acids is 2. The van der Waals surface area contributed by atoms with Crippen LogP contribution in [-0.4, -0.2) is 54.4 Å². The number of halogens is 4. The fourth-order valence-electron chi connectivity index (χ4n) is 3.36. The lowest BCUT2D eigenvalue weighted by atomic mass is 10.1. The first-order valence-corrected chi connectivity index (χ1v) is 10.1. The van der Waals surface area contributed by atoms with Gasteiger partial charge in [-0.2, -0.15) is 13.2 Å². The molecule has 30 heavy (non-hydrogen) atoms. The number of nitrogens with zero attached hydrogens (tertiary/aromatic N) is 1. The summed E-state index contributed by atoms with van der Waals surface area (Å²) in [6.07, 6.45) is -7.27. The Labute approximate surface area is 175 Å². The maximum absolute atomic E-state index is 14.6. The molecule has 1 N–H and O–H groups in total. The van der Waals surface area contributed by atoms with Gasteiger partial charge in [0, 0.05) is 6.54 Å². The van der Waals surface area contributed by atoms with Crippen LogP contribution in [0.25, 0.3) is 10.1 Å². The van der Waals surface area contributed by atoms with Gasteiger partial charge >= 0.3 is 12.3 Å². The SMILES string of the molecule is CC(C)(C)OC(=O)N1C[C@H](F)[C@H](Nc2cccc3c(CC(F)(F)F)c(C=O)sc23)C1. The molecule has 0 spiro atoms. The van der Waals surface area contributed by atoms with Crippen molar-refractivity contribution in [3.05, 3.63) is 28.6 Å². The van der Waals surface area contributed by atoms with Crippen molar-refractivity contribution in [2.75, 3.05) is 18.4 Å². The van der Waals surface area contributed by atoms with Crippen molar-refractivity contribution >= 4 is 39.5 Å². The Morgan fingerprint density at radius 2 is 2.00 bits per heavy atom. The number of amides is 1. The third kappa shape index (κ3) is 5.03. The number of hydrogen-bond donors (Lipinski definition) is 1. The van der Waals surface area contributed by atoms with Gasteiger partial charge < -0.3 is 15.0 Å². The van der Waals surface area contributed by atoms with Gasteiger partial charge in [0.2, 0.25) is 0 Å². The third-order valence-corrected chi connectivity index (χ3v) is 5.78. The second-order valence-corrected chi connectivity index (χ2v) is 9.24. The van der Waals surface area contributed by atoms with Crippen LogP contribution >= 0.6 is 11.3 Å². The summed E-state index contributed by atoms with van der Waals surface area (Å²) in [6, 6.07) is 3.93. The summed E-state index contributed by atoms with van der Waals surface area (Å²) < 4.78 is 59.1. The average Bonchev–Trinajstić information content (AvgIpc) is 3.14. The van der Waals surface area contributed by atoms with Crippen LogP contribution in [0.3, 0.4) is 0 Å². The van der Waals surface area contributed by atoms with Crippen molar-refractivity contribution in [3.8, 4) is 0 Å². The molecule has 2 aromatic rings. The molecule has 1 fully saturated rings. The molecule has 0 unspecified atom stereocenters. The Morgan fingerprint density at radius 1 is 1.30 bits per heavy atom. The number of rotatable bonds is 4. The summed E-state index contributed by atoms with van der Waals surface area (Å²) in [5.74, 6) is 0. The molecular formula is C20H22F4N2O3S. The predicted molar refractivity (Wildman–Crippen MR) is 107 cm³/mol. The van der Waals surface area contributed by atoms with E-state index in [0.29, 0.717) is 22.1 Å². The topological polar surface area (TPSA) is 58.6 Å². The molecule has 5 nitrogen and oxygen atoms in total. The zero-order valence-electron chi connectivity index (χ0n) is 16.7. The normalized spacial score (nSPS) is 19.9. The van der Waals surface area contributed by atoms with Crippen molar-refractivity contribution in [2.24, 2.45) is 0 Å². The van der Waals surface area contributed by atoms with Gasteiger partial charge in [0.05, 0.1) is 34.3 Å². The molecule has 1 aromatic carbocycles. The Kier molecular flexibility index (Phi) is 5.99. The van der Waals surface area contributed by atoms with E-state index in [9.17, 15) is 27.2 Å². The number of thiophene rings is 1. The molecule has 1 aliphatic heterocycles. The number of ether oxygens (including phenoxy) is 1. The van der Waals surface area contributed by atoms with Crippen LogP contribution in [0.15, 0.2) is 18.2 Å². The number of anilines is 1. The van der Waals surface area contributed by atoms with Gasteiger partial charge in [-0.25, -0.2) is 9.18 Å². The lowest BCUT2D eigenvalue weighted by molar-refractivity contribution is -0.126. The summed E-state index contributed by atoms with van der Waals surface area (Å²) in [4.78, 5) is 24.8. The van der Waals surface area contributed by atoms with Crippen LogP contribution in [0.4, 0.5) is 28.0 Å². The van der Waals surface area contributed by atoms with E-state index in [-0.39, 0.29) is 23.5 Å². The van der Waals surface area contributed by atoms with E-state index in [1.807, 2.05) is 0 Å². The summed E-state index contributed by atoms with van der Waals surface area (Å²) in [5.41, 5.74) is -0.371. The molecule has 0 bridgehead atoms. The number of likely N-dealkylation sites (tertiary alicyclic amines) is 1. The van der Waals surface area contributed by atoms with Gasteiger partial charge in [-0.05, 0) is 37.8 Å². The zero-order valence-corrected chi connectivity index (χ0v) is 17.5. The van der Waals surface area contributed by atoms with Crippen LogP contribution in [0.1, 0.15) is 36.0 Å². The molecule has 1 amide bonds. The van der Waals surface area contributed by atoms with Crippen molar-refractivity contribution in [3.63, 3.8) is 0 Å². The van der Waals surface area contributed by atoms with Crippen molar-refractivity contribution in [1.82, 2.24) is 4.90 Å². The van der Waals surface area contributed by atoms with E-state index in [2.05, 4.69) is 5.32 Å². The first kappa shape index (κ1) is 22.3. The minimum absolute atomic E-state index is 0.00447. The molecule has 10 heteroatoms. The Morgan fingerprint density at radius 3 is 2.60 bits per heavy atom. The van der Waals surface area contributed by atoms with Crippen molar-refractivity contribution in [1.29, 1.82) is 0 Å². The standard InChI is InChI=1S/C20H22F4N2O3S/c1-19(2,3)29-18(28)26-8-13(21)15(9-26)25-14-6-4-5-11-12(7-20(22,23)24)16(10-27)30-17(11)14/h4-6,10,13,15,25H,7-9H2,1-3H3/t13-,15+/m0/s1. The van der Waals surface area contributed by atoms with E-state index < -0.39 is 36.5 Å². The summed E-state index contributed by atoms with van der Waals surface area (Å²) in [5, 5.41) is 3.30. The second-order valence-electron chi connectivity index (χ2n) is 8.19. The van der Waals surface area contributed by atoms with Gasteiger partial charge in [0.1, 0.15) is 11.8 Å². The van der Waals surface area contributed by atoms with Crippen molar-refractivity contribution < 1.29 is 31.9 Å². The molecule has 2 heterocycles. The number of hydrogen-bond acceptors (Lipinski definition) is 5. The van der Waals surface area contributed by atoms with Crippen LogP contribution in [-0.2, 0) is 11.2 Å². The highest BCUT2D eigenvalue weighted by atomic mass is 32.1. The van der Waals surface area contributed by atoms with E-state index in [1.54, 1.807) is 32.9 Å². The smallest absolute Gasteiger partial charge is 0.410 e. The van der Waals surface area contributed by atoms with E-state index in [0.717, 1.165) is 11.3 Å². The zero-order chi connectivity index (χ0) is 22.3. The number of alkyl halides is 4. The minimum atomic E-state index is -4.46. The average molecular weight is 446 g/mol. The lowest BCUT2D eigenvalue weighted by Crippen LogP contribution is -2.36. The van der Waals surface area contributed by atoms with Gasteiger partial charge in [0.15, 0.2) is 6.29 Å². The first-order chi connectivity index (χ1) is 13.9. The summed E-state index contributed by atoms with van der Waals surface area (Å²) >= 11 is 0.933. The molecule has 3 rings (SSSR count). The van der Waals surface area contributed by atoms with E-state index >= 15 is 0 Å². The molecule has 1 aliphatic rings. The highest BCUT2D eigenvalue weighted by Crippen LogP contribution is 2.39. The van der Waals surface area contributed by atoms with Crippen LogP contribution in [0.5, 0.6) is 0 Å². The number of benzene rings is 1. The number of nitrogens with one attached hydrogen (secondary N) is 1. The molecule has 1 aromatic heterocycles. The maximum atomic E-state index is 14.6. The minimum Gasteiger partial charge on any atom is -0.444 e. The van der Waals surface area contributed by atoms with Crippen LogP contribution < -0.4 is 5.32 Å². The number of fused-ring (bicyclic) bond motifs is 1. The molecule has 2 atom stereocenters. The summed E-state index contributed by atoms with van der Waals surface area (Å²) in [7, 11) is 0. The molecular weight excluding hydrogens is 424 g/mol. The lowest BCUT2D eigenvalue weighted by Gasteiger charge is -2.24. The number of aldehydes is 1. The number of carbonyl (C=O) groups is 2. The Bertz CT molecular complexity index is 952. The molecule has 0 aliphatic carbocycles. The van der Waals surface area contributed by atoms with Gasteiger partial charge in [-0.1, -0.05) is 12.1 Å². The van der Waals surface area contributed by atoms with Crippen LogP contribution in [0, 0.1) is 0 Å². The van der Waals surface area contributed by atoms with Gasteiger partial charge in [0.25, 0.3) is 0 Å². The second kappa shape index (κ2) is 8.05. The van der Waals surface area contributed by atoms with E-state index in [4.69, 9.17) is 4.74 Å². The van der Waals surface area contributed by atoms with Gasteiger partial charge in [-0.3, -0.25) is 4.79 Å². The fourth-order valence-corrected chi connectivity index (χ4v) is 4.47. The highest BCUT2D eigenvalue weighted by Gasteiger charge is 2.38. The Balaban J connectivity index is 1.84. The molecule has 0 saturated carbocycles. The quantitative estimate of drug-likeness (QED) is 0.519. The van der Waals surface area contributed by atoms with Gasteiger partial charge in [-0.15, -0.1) is 11.3 Å². The van der Waals surface area contributed by atoms with E-state index in [1.165, 1.54) is 11.0 Å². The first-order valence-electron chi connectivity index (χ1n) is 9.33. The summed E-state index contributed by atoms with van der Waals surface area (Å²) in [6.45, 7) is 5.04. The third-order valence-electron chi connectivity index (χ3n) is 4.57. The predicted octanol–water partition coefficient (Wildman–Crippen LogP) is 5.19. The molecule has 1 saturated heterocycles. The fraction of sp³-hybridized carbons (Fsp3) is 0.500. The maximum Gasteiger partial charge on any atom is 0.410 e.